The smallest absolute Gasteiger partial charge is 0.0915 e. The highest BCUT2D eigenvalue weighted by atomic mass is 32.2. The molecule has 0 spiro atoms. The Bertz CT molecular complexity index is 229. The third-order valence-corrected chi connectivity index (χ3v) is 2.98. The van der Waals surface area contributed by atoms with E-state index in [0.717, 1.165) is 18.1 Å². The third kappa shape index (κ3) is 1.82. The van der Waals surface area contributed by atoms with E-state index in [4.69, 9.17) is 4.74 Å². The lowest BCUT2D eigenvalue weighted by Gasteiger charge is -2.22. The molecule has 1 aromatic rings. The van der Waals surface area contributed by atoms with Gasteiger partial charge in [0, 0.05) is 11.5 Å². The zero-order chi connectivity index (χ0) is 8.23. The SMILES string of the molecule is c1ccc(C2CSCCO2)cc1. The summed E-state index contributed by atoms with van der Waals surface area (Å²) in [6.45, 7) is 0.893. The maximum atomic E-state index is 5.64. The molecule has 1 fully saturated rings. The molecule has 0 saturated carbocycles. The lowest BCUT2D eigenvalue weighted by molar-refractivity contribution is 0.0757. The maximum absolute atomic E-state index is 5.64. The summed E-state index contributed by atoms with van der Waals surface area (Å²) in [7, 11) is 0. The first-order valence-electron chi connectivity index (χ1n) is 4.21. The quantitative estimate of drug-likeness (QED) is 0.656. The number of thioether (sulfide) groups is 1. The molecular formula is C10H12OS. The molecule has 0 radical (unpaired) electrons. The summed E-state index contributed by atoms with van der Waals surface area (Å²) >= 11 is 1.97. The van der Waals surface area contributed by atoms with E-state index in [-0.39, 0.29) is 0 Å². The summed E-state index contributed by atoms with van der Waals surface area (Å²) in [5.74, 6) is 2.24. The van der Waals surface area contributed by atoms with Crippen LogP contribution in [0, 0.1) is 0 Å². The van der Waals surface area contributed by atoms with Gasteiger partial charge in [0.1, 0.15) is 0 Å². The molecule has 0 aromatic heterocycles. The Balaban J connectivity index is 2.08. The fourth-order valence-electron chi connectivity index (χ4n) is 1.35. The molecule has 0 N–H and O–H groups in total. The van der Waals surface area contributed by atoms with E-state index in [0.29, 0.717) is 6.10 Å². The molecule has 1 nitrogen and oxygen atoms in total. The molecule has 1 atom stereocenters. The van der Waals surface area contributed by atoms with Crippen molar-refractivity contribution >= 4 is 11.8 Å². The van der Waals surface area contributed by atoms with Crippen LogP contribution in [0.15, 0.2) is 30.3 Å². The largest absolute Gasteiger partial charge is 0.372 e. The minimum Gasteiger partial charge on any atom is -0.372 e. The van der Waals surface area contributed by atoms with Gasteiger partial charge in [-0.15, -0.1) is 0 Å². The van der Waals surface area contributed by atoms with E-state index in [1.807, 2.05) is 17.8 Å². The van der Waals surface area contributed by atoms with Gasteiger partial charge in [0.25, 0.3) is 0 Å². The van der Waals surface area contributed by atoms with Gasteiger partial charge in [-0.2, -0.15) is 11.8 Å². The molecule has 0 aliphatic carbocycles. The van der Waals surface area contributed by atoms with Crippen LogP contribution in [0.1, 0.15) is 11.7 Å². The van der Waals surface area contributed by atoms with Crippen LogP contribution in [0.3, 0.4) is 0 Å². The van der Waals surface area contributed by atoms with Crippen LogP contribution in [0.5, 0.6) is 0 Å². The topological polar surface area (TPSA) is 9.23 Å². The summed E-state index contributed by atoms with van der Waals surface area (Å²) in [6.07, 6.45) is 0.324. The van der Waals surface area contributed by atoms with Gasteiger partial charge in [0.05, 0.1) is 12.7 Å². The van der Waals surface area contributed by atoms with Crippen LogP contribution in [0.2, 0.25) is 0 Å². The van der Waals surface area contributed by atoms with Gasteiger partial charge in [-0.05, 0) is 5.56 Å². The Morgan fingerprint density at radius 3 is 2.75 bits per heavy atom. The van der Waals surface area contributed by atoms with Crippen molar-refractivity contribution in [3.63, 3.8) is 0 Å². The summed E-state index contributed by atoms with van der Waals surface area (Å²) < 4.78 is 5.64. The zero-order valence-electron chi connectivity index (χ0n) is 6.90. The van der Waals surface area contributed by atoms with Gasteiger partial charge in [0.2, 0.25) is 0 Å². The minimum atomic E-state index is 0.324. The van der Waals surface area contributed by atoms with Gasteiger partial charge >= 0.3 is 0 Å². The Morgan fingerprint density at radius 2 is 2.08 bits per heavy atom. The molecule has 0 bridgehead atoms. The molecule has 2 heteroatoms. The van der Waals surface area contributed by atoms with Gasteiger partial charge in [-0.25, -0.2) is 0 Å². The van der Waals surface area contributed by atoms with E-state index in [1.165, 1.54) is 5.56 Å². The molecular weight excluding hydrogens is 168 g/mol. The van der Waals surface area contributed by atoms with E-state index >= 15 is 0 Å². The molecule has 2 rings (SSSR count). The number of hydrogen-bond acceptors (Lipinski definition) is 2. The normalized spacial score (nSPS) is 23.8. The van der Waals surface area contributed by atoms with E-state index in [9.17, 15) is 0 Å². The Labute approximate surface area is 77.1 Å². The average molecular weight is 180 g/mol. The van der Waals surface area contributed by atoms with Crippen LogP contribution >= 0.6 is 11.8 Å². The van der Waals surface area contributed by atoms with Crippen LogP contribution in [-0.4, -0.2) is 18.1 Å². The summed E-state index contributed by atoms with van der Waals surface area (Å²) in [4.78, 5) is 0. The van der Waals surface area contributed by atoms with Crippen molar-refractivity contribution in [1.29, 1.82) is 0 Å². The summed E-state index contributed by atoms with van der Waals surface area (Å²) in [5.41, 5.74) is 1.31. The van der Waals surface area contributed by atoms with Gasteiger partial charge < -0.3 is 4.74 Å². The molecule has 1 aliphatic rings. The number of ether oxygens (including phenoxy) is 1. The highest BCUT2D eigenvalue weighted by molar-refractivity contribution is 7.99. The van der Waals surface area contributed by atoms with Gasteiger partial charge in [-0.1, -0.05) is 30.3 Å². The van der Waals surface area contributed by atoms with E-state index in [1.54, 1.807) is 0 Å². The second-order valence-electron chi connectivity index (χ2n) is 2.85. The summed E-state index contributed by atoms with van der Waals surface area (Å²) in [6, 6.07) is 10.4. The molecule has 0 amide bonds. The van der Waals surface area contributed by atoms with Crippen molar-refractivity contribution in [3.8, 4) is 0 Å². The first-order valence-corrected chi connectivity index (χ1v) is 5.36. The fourth-order valence-corrected chi connectivity index (χ4v) is 2.23. The number of benzene rings is 1. The average Bonchev–Trinajstić information content (AvgIpc) is 2.21. The highest BCUT2D eigenvalue weighted by Crippen LogP contribution is 2.25. The second kappa shape index (κ2) is 3.97. The van der Waals surface area contributed by atoms with Crippen molar-refractivity contribution in [2.45, 2.75) is 6.10 Å². The van der Waals surface area contributed by atoms with Crippen molar-refractivity contribution in [2.24, 2.45) is 0 Å². The molecule has 1 unspecified atom stereocenters. The predicted molar refractivity (Wildman–Crippen MR) is 52.5 cm³/mol. The van der Waals surface area contributed by atoms with Crippen molar-refractivity contribution in [1.82, 2.24) is 0 Å². The molecule has 1 saturated heterocycles. The Morgan fingerprint density at radius 1 is 1.25 bits per heavy atom. The zero-order valence-corrected chi connectivity index (χ0v) is 7.72. The molecule has 64 valence electrons. The molecule has 1 aromatic carbocycles. The first kappa shape index (κ1) is 8.14. The van der Waals surface area contributed by atoms with Crippen molar-refractivity contribution in [3.05, 3.63) is 35.9 Å². The van der Waals surface area contributed by atoms with Crippen molar-refractivity contribution in [2.75, 3.05) is 18.1 Å². The monoisotopic (exact) mass is 180 g/mol. The standard InChI is InChI=1S/C10H12OS/c1-2-4-9(5-3-1)10-8-12-7-6-11-10/h1-5,10H,6-8H2. The van der Waals surface area contributed by atoms with Gasteiger partial charge in [0.15, 0.2) is 0 Å². The Kier molecular flexibility index (Phi) is 2.69. The second-order valence-corrected chi connectivity index (χ2v) is 3.99. The maximum Gasteiger partial charge on any atom is 0.0915 e. The minimum absolute atomic E-state index is 0.324. The highest BCUT2D eigenvalue weighted by Gasteiger charge is 2.15. The van der Waals surface area contributed by atoms with Crippen LogP contribution in [0.4, 0.5) is 0 Å². The Hall–Kier alpha value is -0.470. The lowest BCUT2D eigenvalue weighted by atomic mass is 10.1. The number of hydrogen-bond donors (Lipinski definition) is 0. The van der Waals surface area contributed by atoms with Crippen LogP contribution in [0.25, 0.3) is 0 Å². The number of rotatable bonds is 1. The molecule has 1 heterocycles. The fraction of sp³-hybridized carbons (Fsp3) is 0.400. The molecule has 1 aliphatic heterocycles. The van der Waals surface area contributed by atoms with E-state index < -0.39 is 0 Å². The third-order valence-electron chi connectivity index (χ3n) is 1.99. The van der Waals surface area contributed by atoms with E-state index in [2.05, 4.69) is 24.3 Å². The lowest BCUT2D eigenvalue weighted by Crippen LogP contribution is -2.15. The van der Waals surface area contributed by atoms with Gasteiger partial charge in [-0.3, -0.25) is 0 Å². The van der Waals surface area contributed by atoms with Crippen LogP contribution < -0.4 is 0 Å². The van der Waals surface area contributed by atoms with Crippen molar-refractivity contribution < 1.29 is 4.74 Å². The predicted octanol–water partition coefficient (Wildman–Crippen LogP) is 2.49. The molecule has 12 heavy (non-hydrogen) atoms. The van der Waals surface area contributed by atoms with Crippen LogP contribution in [-0.2, 0) is 4.74 Å². The first-order chi connectivity index (χ1) is 5.97. The summed E-state index contributed by atoms with van der Waals surface area (Å²) in [5, 5.41) is 0.